The van der Waals surface area contributed by atoms with E-state index in [-0.39, 0.29) is 0 Å². The zero-order valence-electron chi connectivity index (χ0n) is 16.3. The van der Waals surface area contributed by atoms with Crippen molar-refractivity contribution in [2.24, 2.45) is 5.10 Å². The molecule has 2 saturated heterocycles. The summed E-state index contributed by atoms with van der Waals surface area (Å²) < 4.78 is 0. The molecule has 1 N–H and O–H groups in total. The van der Waals surface area contributed by atoms with Crippen LogP contribution in [0.5, 0.6) is 0 Å². The average molecular weight is 434 g/mol. The largest absolute Gasteiger partial charge is 0.341 e. The number of hydrogen-bond donors (Lipinski definition) is 1. The first-order chi connectivity index (χ1) is 14.2. The molecule has 7 nitrogen and oxygen atoms in total. The summed E-state index contributed by atoms with van der Waals surface area (Å²) in [6, 6.07) is 5.29. The number of hydrazone groups is 1. The number of halogens is 2. The molecule has 0 bridgehead atoms. The smallest absolute Gasteiger partial charge is 0.250 e. The Morgan fingerprint density at radius 3 is 1.97 bits per heavy atom. The minimum Gasteiger partial charge on any atom is -0.341 e. The molecule has 0 amide bonds. The van der Waals surface area contributed by atoms with E-state index in [1.807, 2.05) is 6.07 Å². The fourth-order valence-corrected chi connectivity index (χ4v) is 4.10. The van der Waals surface area contributed by atoms with Gasteiger partial charge in [-0.25, -0.2) is 5.43 Å². The molecule has 0 aliphatic carbocycles. The predicted molar refractivity (Wildman–Crippen MR) is 120 cm³/mol. The third kappa shape index (κ3) is 5.28. The highest BCUT2D eigenvalue weighted by Gasteiger charge is 2.20. The van der Waals surface area contributed by atoms with Gasteiger partial charge in [-0.2, -0.15) is 20.1 Å². The molecule has 1 aromatic heterocycles. The number of rotatable bonds is 5. The number of nitrogens with one attached hydrogen (secondary N) is 1. The van der Waals surface area contributed by atoms with Crippen molar-refractivity contribution in [1.82, 2.24) is 15.0 Å². The molecule has 3 heterocycles. The van der Waals surface area contributed by atoms with Gasteiger partial charge >= 0.3 is 0 Å². The summed E-state index contributed by atoms with van der Waals surface area (Å²) in [5, 5.41) is 5.42. The van der Waals surface area contributed by atoms with E-state index < -0.39 is 0 Å². The minimum absolute atomic E-state index is 0.447. The van der Waals surface area contributed by atoms with Gasteiger partial charge in [-0.15, -0.1) is 0 Å². The number of benzene rings is 1. The predicted octanol–water partition coefficient (Wildman–Crippen LogP) is 4.61. The summed E-state index contributed by atoms with van der Waals surface area (Å²) in [5.74, 6) is 1.90. The Morgan fingerprint density at radius 2 is 1.41 bits per heavy atom. The van der Waals surface area contributed by atoms with Crippen molar-refractivity contribution in [3.8, 4) is 0 Å². The van der Waals surface area contributed by atoms with Crippen molar-refractivity contribution >= 4 is 47.3 Å². The number of nitrogens with zero attached hydrogens (tertiary/aromatic N) is 6. The first-order valence-electron chi connectivity index (χ1n) is 10.2. The van der Waals surface area contributed by atoms with Crippen LogP contribution in [-0.2, 0) is 0 Å². The van der Waals surface area contributed by atoms with Crippen LogP contribution in [0.1, 0.15) is 44.1 Å². The van der Waals surface area contributed by atoms with Crippen LogP contribution in [0.2, 0.25) is 10.0 Å². The van der Waals surface area contributed by atoms with Crippen LogP contribution in [0.15, 0.2) is 23.3 Å². The number of hydrogen-bond acceptors (Lipinski definition) is 7. The average Bonchev–Trinajstić information content (AvgIpc) is 2.76. The van der Waals surface area contributed by atoms with Gasteiger partial charge in [0.2, 0.25) is 17.8 Å². The van der Waals surface area contributed by atoms with Gasteiger partial charge in [0.1, 0.15) is 0 Å². The molecule has 0 spiro atoms. The van der Waals surface area contributed by atoms with Gasteiger partial charge in [-0.05, 0) is 50.7 Å². The molecule has 0 unspecified atom stereocenters. The van der Waals surface area contributed by atoms with Crippen molar-refractivity contribution in [2.45, 2.75) is 38.5 Å². The SMILES string of the molecule is Clc1ccc(/C=N\Nc2nc(N3CCCCC3)nc(N3CCCCC3)n2)c(Cl)c1. The molecule has 2 aliphatic heterocycles. The quantitative estimate of drug-likeness (QED) is 0.548. The van der Waals surface area contributed by atoms with Crippen LogP contribution in [0.3, 0.4) is 0 Å². The maximum atomic E-state index is 6.21. The van der Waals surface area contributed by atoms with Crippen LogP contribution in [0, 0.1) is 0 Å². The molecule has 2 fully saturated rings. The van der Waals surface area contributed by atoms with E-state index in [1.54, 1.807) is 18.3 Å². The zero-order chi connectivity index (χ0) is 20.1. The summed E-state index contributed by atoms with van der Waals surface area (Å²) in [7, 11) is 0. The minimum atomic E-state index is 0.447. The van der Waals surface area contributed by atoms with Crippen LogP contribution >= 0.6 is 23.2 Å². The first-order valence-corrected chi connectivity index (χ1v) is 10.9. The number of aromatic nitrogens is 3. The third-order valence-electron chi connectivity index (χ3n) is 5.22. The van der Waals surface area contributed by atoms with Crippen LogP contribution in [0.25, 0.3) is 0 Å². The maximum absolute atomic E-state index is 6.21. The molecule has 29 heavy (non-hydrogen) atoms. The lowest BCUT2D eigenvalue weighted by molar-refractivity contribution is 0.556. The zero-order valence-corrected chi connectivity index (χ0v) is 17.8. The highest BCUT2D eigenvalue weighted by atomic mass is 35.5. The second-order valence-electron chi connectivity index (χ2n) is 7.39. The highest BCUT2D eigenvalue weighted by molar-refractivity contribution is 6.36. The van der Waals surface area contributed by atoms with E-state index in [9.17, 15) is 0 Å². The maximum Gasteiger partial charge on any atom is 0.250 e. The van der Waals surface area contributed by atoms with Gasteiger partial charge in [0.15, 0.2) is 0 Å². The van der Waals surface area contributed by atoms with Crippen LogP contribution in [0.4, 0.5) is 17.8 Å². The fourth-order valence-electron chi connectivity index (χ4n) is 3.64. The molecular weight excluding hydrogens is 409 g/mol. The summed E-state index contributed by atoms with van der Waals surface area (Å²) >= 11 is 12.2. The summed E-state index contributed by atoms with van der Waals surface area (Å²) in [4.78, 5) is 18.5. The van der Waals surface area contributed by atoms with E-state index in [4.69, 9.17) is 28.2 Å². The Balaban J connectivity index is 1.56. The Kier molecular flexibility index (Phi) is 6.67. The second kappa shape index (κ2) is 9.59. The Morgan fingerprint density at radius 1 is 0.828 bits per heavy atom. The van der Waals surface area contributed by atoms with E-state index >= 15 is 0 Å². The van der Waals surface area contributed by atoms with Crippen molar-refractivity contribution in [1.29, 1.82) is 0 Å². The Bertz CT molecular complexity index is 826. The van der Waals surface area contributed by atoms with Gasteiger partial charge in [0, 0.05) is 36.8 Å². The van der Waals surface area contributed by atoms with Gasteiger partial charge < -0.3 is 9.80 Å². The summed E-state index contributed by atoms with van der Waals surface area (Å²) in [6.45, 7) is 3.91. The Labute approximate surface area is 181 Å². The van der Waals surface area contributed by atoms with Gasteiger partial charge in [-0.3, -0.25) is 0 Å². The molecule has 1 aromatic carbocycles. The lowest BCUT2D eigenvalue weighted by atomic mass is 10.1. The normalized spacial score (nSPS) is 17.7. The van der Waals surface area contributed by atoms with Crippen molar-refractivity contribution in [2.75, 3.05) is 41.4 Å². The van der Waals surface area contributed by atoms with E-state index in [1.165, 1.54) is 38.5 Å². The number of anilines is 3. The van der Waals surface area contributed by atoms with Crippen molar-refractivity contribution < 1.29 is 0 Å². The van der Waals surface area contributed by atoms with E-state index in [2.05, 4.69) is 30.3 Å². The van der Waals surface area contributed by atoms with E-state index in [0.29, 0.717) is 16.0 Å². The molecular formula is C20H25Cl2N7. The summed E-state index contributed by atoms with van der Waals surface area (Å²) in [5.41, 5.74) is 3.72. The van der Waals surface area contributed by atoms with Gasteiger partial charge in [0.25, 0.3) is 0 Å². The molecule has 154 valence electrons. The molecule has 0 saturated carbocycles. The van der Waals surface area contributed by atoms with E-state index in [0.717, 1.165) is 43.6 Å². The standard InChI is InChI=1S/C20H25Cl2N7/c21-16-8-7-15(17(22)13-16)14-23-27-18-24-19(28-9-3-1-4-10-28)26-20(25-18)29-11-5-2-6-12-29/h7-8,13-14H,1-6,9-12H2,(H,24,25,26,27)/b23-14-. The Hall–Kier alpha value is -2.12. The number of piperidine rings is 2. The topological polar surface area (TPSA) is 69.5 Å². The molecule has 2 aromatic rings. The molecule has 2 aliphatic rings. The lowest BCUT2D eigenvalue weighted by Crippen LogP contribution is -2.34. The van der Waals surface area contributed by atoms with Gasteiger partial charge in [-0.1, -0.05) is 29.3 Å². The molecule has 0 atom stereocenters. The highest BCUT2D eigenvalue weighted by Crippen LogP contribution is 2.23. The van der Waals surface area contributed by atoms with Gasteiger partial charge in [0.05, 0.1) is 11.2 Å². The van der Waals surface area contributed by atoms with Crippen molar-refractivity contribution in [3.05, 3.63) is 33.8 Å². The molecule has 4 rings (SSSR count). The van der Waals surface area contributed by atoms with Crippen LogP contribution < -0.4 is 15.2 Å². The van der Waals surface area contributed by atoms with Crippen molar-refractivity contribution in [3.63, 3.8) is 0 Å². The van der Waals surface area contributed by atoms with Crippen LogP contribution in [-0.4, -0.2) is 47.3 Å². The monoisotopic (exact) mass is 433 g/mol. The second-order valence-corrected chi connectivity index (χ2v) is 8.23. The first kappa shape index (κ1) is 20.2. The molecule has 0 radical (unpaired) electrons. The molecule has 9 heteroatoms. The summed E-state index contributed by atoms with van der Waals surface area (Å²) in [6.07, 6.45) is 8.84. The lowest BCUT2D eigenvalue weighted by Gasteiger charge is -2.30. The third-order valence-corrected chi connectivity index (χ3v) is 5.78. The fraction of sp³-hybridized carbons (Fsp3) is 0.500.